The van der Waals surface area contributed by atoms with Crippen LogP contribution in [0.15, 0.2) is 22.8 Å². The quantitative estimate of drug-likeness (QED) is 0.719. The number of furan rings is 1. The van der Waals surface area contributed by atoms with E-state index in [0.717, 1.165) is 12.2 Å². The summed E-state index contributed by atoms with van der Waals surface area (Å²) in [4.78, 5) is 1.98. The number of likely N-dealkylation sites (N-methyl/N-ethyl adjacent to an activating group) is 1. The summed E-state index contributed by atoms with van der Waals surface area (Å²) in [6.45, 7) is 3.38. The molecule has 0 aliphatic rings. The zero-order chi connectivity index (χ0) is 12.0. The van der Waals surface area contributed by atoms with Crippen molar-refractivity contribution in [2.45, 2.75) is 25.5 Å². The van der Waals surface area contributed by atoms with Crippen LogP contribution in [0.5, 0.6) is 0 Å². The van der Waals surface area contributed by atoms with Crippen LogP contribution in [-0.2, 0) is 6.42 Å². The Balaban J connectivity index is 2.17. The van der Waals surface area contributed by atoms with Gasteiger partial charge in [0, 0.05) is 25.6 Å². The molecule has 2 N–H and O–H groups in total. The van der Waals surface area contributed by atoms with E-state index >= 15 is 0 Å². The standard InChI is InChI=1S/C12H22N2O2/c1-10(7-12-5-4-6-16-12)13-8-11(15)9-14(2)3/h4-6,10-11,13,15H,7-9H2,1-3H3. The summed E-state index contributed by atoms with van der Waals surface area (Å²) >= 11 is 0. The zero-order valence-corrected chi connectivity index (χ0v) is 10.3. The largest absolute Gasteiger partial charge is 0.469 e. The number of nitrogens with zero attached hydrogens (tertiary/aromatic N) is 1. The van der Waals surface area contributed by atoms with Gasteiger partial charge in [-0.15, -0.1) is 0 Å². The number of nitrogens with one attached hydrogen (secondary N) is 1. The maximum absolute atomic E-state index is 9.67. The van der Waals surface area contributed by atoms with Crippen molar-refractivity contribution in [3.05, 3.63) is 24.2 Å². The summed E-state index contributed by atoms with van der Waals surface area (Å²) in [6, 6.07) is 4.17. The molecule has 0 saturated heterocycles. The van der Waals surface area contributed by atoms with Gasteiger partial charge in [0.2, 0.25) is 0 Å². The van der Waals surface area contributed by atoms with Gasteiger partial charge in [-0.05, 0) is 33.2 Å². The first-order valence-corrected chi connectivity index (χ1v) is 5.66. The Morgan fingerprint density at radius 1 is 1.50 bits per heavy atom. The molecule has 0 aliphatic carbocycles. The highest BCUT2D eigenvalue weighted by molar-refractivity contribution is 4.99. The minimum atomic E-state index is -0.325. The number of aliphatic hydroxyl groups excluding tert-OH is 1. The Morgan fingerprint density at radius 2 is 2.25 bits per heavy atom. The Hall–Kier alpha value is -0.840. The van der Waals surface area contributed by atoms with E-state index < -0.39 is 0 Å². The Bertz CT molecular complexity index is 273. The third-order valence-corrected chi connectivity index (χ3v) is 2.37. The molecule has 1 aromatic heterocycles. The van der Waals surface area contributed by atoms with Crippen LogP contribution in [0.1, 0.15) is 12.7 Å². The van der Waals surface area contributed by atoms with Gasteiger partial charge in [0.15, 0.2) is 0 Å². The molecule has 4 heteroatoms. The maximum atomic E-state index is 9.67. The van der Waals surface area contributed by atoms with Crippen LogP contribution in [-0.4, -0.2) is 49.3 Å². The second kappa shape index (κ2) is 6.68. The number of aliphatic hydroxyl groups is 1. The normalized spacial score (nSPS) is 15.3. The fraction of sp³-hybridized carbons (Fsp3) is 0.667. The van der Waals surface area contributed by atoms with Gasteiger partial charge >= 0.3 is 0 Å². The summed E-state index contributed by atoms with van der Waals surface area (Å²) < 4.78 is 5.26. The molecule has 1 rings (SSSR count). The maximum Gasteiger partial charge on any atom is 0.105 e. The summed E-state index contributed by atoms with van der Waals surface area (Å²) in [7, 11) is 3.91. The average molecular weight is 226 g/mol. The second-order valence-corrected chi connectivity index (χ2v) is 4.51. The molecule has 1 aromatic rings. The molecule has 0 amide bonds. The summed E-state index contributed by atoms with van der Waals surface area (Å²) in [6.07, 6.45) is 2.21. The van der Waals surface area contributed by atoms with Gasteiger partial charge in [-0.2, -0.15) is 0 Å². The van der Waals surface area contributed by atoms with Crippen LogP contribution in [0.4, 0.5) is 0 Å². The molecule has 1 heterocycles. The van der Waals surface area contributed by atoms with Crippen LogP contribution in [0.25, 0.3) is 0 Å². The monoisotopic (exact) mass is 226 g/mol. The van der Waals surface area contributed by atoms with E-state index in [9.17, 15) is 5.11 Å². The number of rotatable bonds is 7. The molecule has 0 aliphatic heterocycles. The smallest absolute Gasteiger partial charge is 0.105 e. The first-order valence-electron chi connectivity index (χ1n) is 5.66. The van der Waals surface area contributed by atoms with Crippen LogP contribution in [0.2, 0.25) is 0 Å². The van der Waals surface area contributed by atoms with Gasteiger partial charge in [0.25, 0.3) is 0 Å². The predicted molar refractivity (Wildman–Crippen MR) is 64.4 cm³/mol. The topological polar surface area (TPSA) is 48.6 Å². The summed E-state index contributed by atoms with van der Waals surface area (Å²) in [5, 5.41) is 13.0. The van der Waals surface area contributed by atoms with Gasteiger partial charge < -0.3 is 19.7 Å². The second-order valence-electron chi connectivity index (χ2n) is 4.51. The molecule has 0 saturated carbocycles. The molecule has 0 aromatic carbocycles. The summed E-state index contributed by atoms with van der Waals surface area (Å²) in [5.74, 6) is 0.974. The highest BCUT2D eigenvalue weighted by Crippen LogP contribution is 2.03. The number of hydrogen-bond acceptors (Lipinski definition) is 4. The van der Waals surface area contributed by atoms with Gasteiger partial charge in [0.05, 0.1) is 12.4 Å². The highest BCUT2D eigenvalue weighted by Gasteiger charge is 2.09. The third kappa shape index (κ3) is 5.30. The van der Waals surface area contributed by atoms with Gasteiger partial charge in [0.1, 0.15) is 5.76 Å². The molecular weight excluding hydrogens is 204 g/mol. The molecular formula is C12H22N2O2. The van der Waals surface area contributed by atoms with Crippen LogP contribution in [0.3, 0.4) is 0 Å². The molecule has 92 valence electrons. The van der Waals surface area contributed by atoms with Crippen molar-refractivity contribution in [3.8, 4) is 0 Å². The van der Waals surface area contributed by atoms with Crippen molar-refractivity contribution >= 4 is 0 Å². The van der Waals surface area contributed by atoms with Gasteiger partial charge in [-0.25, -0.2) is 0 Å². The van der Waals surface area contributed by atoms with E-state index in [0.29, 0.717) is 19.1 Å². The first kappa shape index (κ1) is 13.2. The van der Waals surface area contributed by atoms with Crippen molar-refractivity contribution in [2.75, 3.05) is 27.2 Å². The molecule has 0 bridgehead atoms. The van der Waals surface area contributed by atoms with E-state index in [1.54, 1.807) is 6.26 Å². The van der Waals surface area contributed by atoms with Crippen LogP contribution >= 0.6 is 0 Å². The Labute approximate surface area is 97.2 Å². The fourth-order valence-electron chi connectivity index (χ4n) is 1.63. The van der Waals surface area contributed by atoms with E-state index in [4.69, 9.17) is 4.42 Å². The Morgan fingerprint density at radius 3 is 2.81 bits per heavy atom. The van der Waals surface area contributed by atoms with Gasteiger partial charge in [-0.3, -0.25) is 0 Å². The van der Waals surface area contributed by atoms with Crippen molar-refractivity contribution in [3.63, 3.8) is 0 Å². The third-order valence-electron chi connectivity index (χ3n) is 2.37. The molecule has 16 heavy (non-hydrogen) atoms. The molecule has 4 nitrogen and oxygen atoms in total. The molecule has 2 atom stereocenters. The minimum Gasteiger partial charge on any atom is -0.469 e. The van der Waals surface area contributed by atoms with E-state index in [2.05, 4.69) is 12.2 Å². The van der Waals surface area contributed by atoms with E-state index in [1.807, 2.05) is 31.1 Å². The fourth-order valence-corrected chi connectivity index (χ4v) is 1.63. The van der Waals surface area contributed by atoms with Gasteiger partial charge in [-0.1, -0.05) is 0 Å². The zero-order valence-electron chi connectivity index (χ0n) is 10.3. The van der Waals surface area contributed by atoms with Crippen molar-refractivity contribution in [1.82, 2.24) is 10.2 Å². The van der Waals surface area contributed by atoms with E-state index in [1.165, 1.54) is 0 Å². The number of hydrogen-bond donors (Lipinski definition) is 2. The van der Waals surface area contributed by atoms with Crippen molar-refractivity contribution in [1.29, 1.82) is 0 Å². The lowest BCUT2D eigenvalue weighted by Gasteiger charge is -2.19. The molecule has 0 radical (unpaired) electrons. The average Bonchev–Trinajstić information content (AvgIpc) is 2.66. The predicted octanol–water partition coefficient (Wildman–Crippen LogP) is 0.723. The minimum absolute atomic E-state index is 0.308. The summed E-state index contributed by atoms with van der Waals surface area (Å²) in [5.41, 5.74) is 0. The SMILES string of the molecule is CC(Cc1ccco1)NCC(O)CN(C)C. The lowest BCUT2D eigenvalue weighted by molar-refractivity contribution is 0.131. The molecule has 2 unspecified atom stereocenters. The van der Waals surface area contributed by atoms with Crippen LogP contribution < -0.4 is 5.32 Å². The lowest BCUT2D eigenvalue weighted by atomic mass is 10.2. The Kier molecular flexibility index (Phi) is 5.52. The van der Waals surface area contributed by atoms with Crippen LogP contribution in [0, 0.1) is 0 Å². The first-order chi connectivity index (χ1) is 7.58. The van der Waals surface area contributed by atoms with Crippen molar-refractivity contribution in [2.24, 2.45) is 0 Å². The lowest BCUT2D eigenvalue weighted by Crippen LogP contribution is -2.39. The molecule has 0 fully saturated rings. The van der Waals surface area contributed by atoms with E-state index in [-0.39, 0.29) is 6.10 Å². The highest BCUT2D eigenvalue weighted by atomic mass is 16.3. The molecule has 0 spiro atoms. The van der Waals surface area contributed by atoms with Crippen molar-refractivity contribution < 1.29 is 9.52 Å².